The molecule has 0 aliphatic rings. The van der Waals surface area contributed by atoms with Gasteiger partial charge in [0.1, 0.15) is 23.6 Å². The van der Waals surface area contributed by atoms with Crippen molar-refractivity contribution >= 4 is 11.6 Å². The summed E-state index contributed by atoms with van der Waals surface area (Å²) < 4.78 is 16.9. The topological polar surface area (TPSA) is 77.6 Å². The number of nitrogens with zero attached hydrogens (tertiary/aromatic N) is 5. The molecule has 0 atom stereocenters. The SMILES string of the molecule is O=C(Nc1cnn(-c2ccccc2F)c1)c1ccc(-n2ccnc2)nc1. The first-order valence-electron chi connectivity index (χ1n) is 7.76. The van der Waals surface area contributed by atoms with E-state index in [9.17, 15) is 9.18 Å². The molecule has 3 aromatic heterocycles. The molecule has 0 aliphatic heterocycles. The second-order valence-electron chi connectivity index (χ2n) is 5.45. The van der Waals surface area contributed by atoms with Crippen molar-refractivity contribution in [1.29, 1.82) is 0 Å². The lowest BCUT2D eigenvalue weighted by Gasteiger charge is -2.04. The number of hydrogen-bond donors (Lipinski definition) is 1. The standard InChI is InChI=1S/C18H13FN6O/c19-15-3-1-2-4-16(15)25-11-14(10-22-25)23-18(26)13-5-6-17(21-9-13)24-8-7-20-12-24/h1-12H,(H,23,26). The molecule has 7 nitrogen and oxygen atoms in total. The van der Waals surface area contributed by atoms with E-state index in [0.29, 0.717) is 22.8 Å². The zero-order valence-electron chi connectivity index (χ0n) is 13.5. The van der Waals surface area contributed by atoms with Crippen LogP contribution in [-0.4, -0.2) is 30.2 Å². The van der Waals surface area contributed by atoms with Gasteiger partial charge in [-0.25, -0.2) is 19.0 Å². The van der Waals surface area contributed by atoms with Crippen molar-refractivity contribution in [1.82, 2.24) is 24.3 Å². The summed E-state index contributed by atoms with van der Waals surface area (Å²) in [5.74, 6) is -0.0676. The molecule has 1 amide bonds. The quantitative estimate of drug-likeness (QED) is 0.615. The fraction of sp³-hybridized carbons (Fsp3) is 0. The lowest BCUT2D eigenvalue weighted by Crippen LogP contribution is -2.12. The summed E-state index contributed by atoms with van der Waals surface area (Å²) >= 11 is 0. The molecule has 0 spiro atoms. The molecule has 1 aromatic carbocycles. The van der Waals surface area contributed by atoms with Gasteiger partial charge in [0.2, 0.25) is 0 Å². The van der Waals surface area contributed by atoms with Gasteiger partial charge in [0.15, 0.2) is 0 Å². The van der Waals surface area contributed by atoms with Crippen molar-refractivity contribution in [2.75, 3.05) is 5.32 Å². The summed E-state index contributed by atoms with van der Waals surface area (Å²) in [6.45, 7) is 0. The van der Waals surface area contributed by atoms with Gasteiger partial charge in [0.05, 0.1) is 23.6 Å². The van der Waals surface area contributed by atoms with Crippen LogP contribution in [0.4, 0.5) is 10.1 Å². The highest BCUT2D eigenvalue weighted by molar-refractivity contribution is 6.03. The maximum Gasteiger partial charge on any atom is 0.257 e. The van der Waals surface area contributed by atoms with Crippen LogP contribution in [0.2, 0.25) is 0 Å². The Balaban J connectivity index is 1.49. The van der Waals surface area contributed by atoms with E-state index in [1.54, 1.807) is 59.8 Å². The van der Waals surface area contributed by atoms with E-state index in [1.165, 1.54) is 23.1 Å². The molecular weight excluding hydrogens is 335 g/mol. The number of benzene rings is 1. The molecule has 8 heteroatoms. The number of imidazole rings is 1. The van der Waals surface area contributed by atoms with E-state index in [1.807, 2.05) is 0 Å². The molecule has 128 valence electrons. The number of hydrogen-bond acceptors (Lipinski definition) is 4. The van der Waals surface area contributed by atoms with Gasteiger partial charge in [0.25, 0.3) is 5.91 Å². The fourth-order valence-corrected chi connectivity index (χ4v) is 2.43. The number of carbonyl (C=O) groups is 1. The van der Waals surface area contributed by atoms with Crippen molar-refractivity contribution in [3.05, 3.63) is 85.1 Å². The highest BCUT2D eigenvalue weighted by atomic mass is 19.1. The second kappa shape index (κ2) is 6.60. The maximum atomic E-state index is 13.8. The first kappa shape index (κ1) is 15.7. The number of rotatable bonds is 4. The van der Waals surface area contributed by atoms with E-state index >= 15 is 0 Å². The summed E-state index contributed by atoms with van der Waals surface area (Å²) in [5.41, 5.74) is 1.16. The van der Waals surface area contributed by atoms with Gasteiger partial charge in [0, 0.05) is 18.6 Å². The highest BCUT2D eigenvalue weighted by Gasteiger charge is 2.10. The van der Waals surface area contributed by atoms with Crippen LogP contribution in [0.25, 0.3) is 11.5 Å². The van der Waals surface area contributed by atoms with E-state index in [0.717, 1.165) is 0 Å². The van der Waals surface area contributed by atoms with Crippen LogP contribution in [0.1, 0.15) is 10.4 Å². The van der Waals surface area contributed by atoms with Crippen molar-refractivity contribution < 1.29 is 9.18 Å². The summed E-state index contributed by atoms with van der Waals surface area (Å²) in [5, 5.41) is 6.80. The number of amides is 1. The van der Waals surface area contributed by atoms with Gasteiger partial charge >= 0.3 is 0 Å². The third-order valence-corrected chi connectivity index (χ3v) is 3.72. The molecule has 1 N–H and O–H groups in total. The fourth-order valence-electron chi connectivity index (χ4n) is 2.43. The van der Waals surface area contributed by atoms with Crippen LogP contribution in [0.5, 0.6) is 0 Å². The van der Waals surface area contributed by atoms with E-state index < -0.39 is 5.82 Å². The first-order valence-corrected chi connectivity index (χ1v) is 7.76. The molecule has 4 aromatic rings. The van der Waals surface area contributed by atoms with Gasteiger partial charge in [-0.3, -0.25) is 9.36 Å². The highest BCUT2D eigenvalue weighted by Crippen LogP contribution is 2.15. The third kappa shape index (κ3) is 3.07. The normalized spacial score (nSPS) is 10.7. The van der Waals surface area contributed by atoms with Gasteiger partial charge in [-0.05, 0) is 24.3 Å². The van der Waals surface area contributed by atoms with Crippen molar-refractivity contribution in [2.45, 2.75) is 0 Å². The summed E-state index contributed by atoms with van der Waals surface area (Å²) in [6, 6.07) is 9.66. The van der Waals surface area contributed by atoms with Gasteiger partial charge in [-0.15, -0.1) is 0 Å². The summed E-state index contributed by atoms with van der Waals surface area (Å²) in [7, 11) is 0. The Morgan fingerprint density at radius 1 is 1.12 bits per heavy atom. The molecule has 0 saturated carbocycles. The average molecular weight is 348 g/mol. The molecule has 0 fully saturated rings. The number of aromatic nitrogens is 5. The van der Waals surface area contributed by atoms with Crippen molar-refractivity contribution in [2.24, 2.45) is 0 Å². The number of carbonyl (C=O) groups excluding carboxylic acids is 1. The Hall–Kier alpha value is -3.81. The first-order chi connectivity index (χ1) is 12.7. The van der Waals surface area contributed by atoms with Gasteiger partial charge < -0.3 is 5.32 Å². The monoisotopic (exact) mass is 348 g/mol. The molecular formula is C18H13FN6O. The second-order valence-corrected chi connectivity index (χ2v) is 5.45. The molecule has 0 radical (unpaired) electrons. The van der Waals surface area contributed by atoms with Crippen LogP contribution in [0.3, 0.4) is 0 Å². The minimum atomic E-state index is -0.396. The predicted molar refractivity (Wildman–Crippen MR) is 92.8 cm³/mol. The molecule has 0 aliphatic carbocycles. The van der Waals surface area contributed by atoms with E-state index in [-0.39, 0.29) is 5.91 Å². The van der Waals surface area contributed by atoms with Crippen LogP contribution in [-0.2, 0) is 0 Å². The Bertz CT molecular complexity index is 1040. The largest absolute Gasteiger partial charge is 0.319 e. The molecule has 0 saturated heterocycles. The number of pyridine rings is 1. The molecule has 4 rings (SSSR count). The molecule has 0 unspecified atom stereocenters. The molecule has 3 heterocycles. The Kier molecular flexibility index (Phi) is 3.98. The van der Waals surface area contributed by atoms with Gasteiger partial charge in [-0.2, -0.15) is 5.10 Å². The zero-order valence-corrected chi connectivity index (χ0v) is 13.5. The average Bonchev–Trinajstić information content (AvgIpc) is 3.34. The number of halogens is 1. The Morgan fingerprint density at radius 3 is 2.73 bits per heavy atom. The summed E-state index contributed by atoms with van der Waals surface area (Å²) in [6.07, 6.45) is 9.51. The molecule has 26 heavy (non-hydrogen) atoms. The smallest absolute Gasteiger partial charge is 0.257 e. The molecule has 0 bridgehead atoms. The van der Waals surface area contributed by atoms with Crippen LogP contribution in [0.15, 0.2) is 73.7 Å². The minimum absolute atomic E-state index is 0.305. The van der Waals surface area contributed by atoms with E-state index in [4.69, 9.17) is 0 Å². The minimum Gasteiger partial charge on any atom is -0.319 e. The van der Waals surface area contributed by atoms with Crippen molar-refractivity contribution in [3.8, 4) is 11.5 Å². The summed E-state index contributed by atoms with van der Waals surface area (Å²) in [4.78, 5) is 20.5. The lowest BCUT2D eigenvalue weighted by molar-refractivity contribution is 0.102. The number of anilines is 1. The van der Waals surface area contributed by atoms with Crippen LogP contribution < -0.4 is 5.32 Å². The Morgan fingerprint density at radius 2 is 2.00 bits per heavy atom. The van der Waals surface area contributed by atoms with Crippen LogP contribution in [0, 0.1) is 5.82 Å². The Labute approximate surface area is 147 Å². The van der Waals surface area contributed by atoms with E-state index in [2.05, 4.69) is 20.4 Å². The maximum absolute atomic E-state index is 13.8. The lowest BCUT2D eigenvalue weighted by atomic mass is 10.2. The zero-order chi connectivity index (χ0) is 17.9. The predicted octanol–water partition coefficient (Wildman–Crippen LogP) is 2.84. The van der Waals surface area contributed by atoms with Crippen molar-refractivity contribution in [3.63, 3.8) is 0 Å². The van der Waals surface area contributed by atoms with Crippen LogP contribution >= 0.6 is 0 Å². The number of nitrogens with one attached hydrogen (secondary N) is 1. The van der Waals surface area contributed by atoms with Gasteiger partial charge in [-0.1, -0.05) is 12.1 Å². The number of para-hydroxylation sites is 1. The third-order valence-electron chi connectivity index (χ3n) is 3.72.